The second-order valence-electron chi connectivity index (χ2n) is 12.5. The minimum absolute atomic E-state index is 0.131. The van der Waals surface area contributed by atoms with Gasteiger partial charge in [0.1, 0.15) is 6.04 Å². The Morgan fingerprint density at radius 1 is 0.827 bits per heavy atom. The largest absolute Gasteiger partial charge is 0.490 e. The molecule has 11 nitrogen and oxygen atoms in total. The van der Waals surface area contributed by atoms with Crippen LogP contribution in [0.15, 0.2) is 72.9 Å². The summed E-state index contributed by atoms with van der Waals surface area (Å²) in [6.07, 6.45) is -7.34. The highest BCUT2D eigenvalue weighted by atomic mass is 19.4. The molecule has 1 aliphatic heterocycles. The topological polar surface area (TPSA) is 169 Å². The molecule has 1 fully saturated rings. The number of aliphatic carboxylic acids is 2. The van der Waals surface area contributed by atoms with E-state index >= 15 is 0 Å². The van der Waals surface area contributed by atoms with E-state index in [0.717, 1.165) is 53.9 Å². The Morgan fingerprint density at radius 3 is 1.69 bits per heavy atom. The zero-order valence-corrected chi connectivity index (χ0v) is 28.0. The number of halogens is 6. The Labute approximate surface area is 294 Å². The van der Waals surface area contributed by atoms with Crippen molar-refractivity contribution in [2.75, 3.05) is 19.6 Å². The van der Waals surface area contributed by atoms with Crippen LogP contribution in [0.5, 0.6) is 0 Å². The number of aromatic nitrogens is 1. The van der Waals surface area contributed by atoms with E-state index in [0.29, 0.717) is 6.42 Å². The summed E-state index contributed by atoms with van der Waals surface area (Å²) < 4.78 is 63.5. The number of alkyl halides is 6. The molecular weight excluding hydrogens is 702 g/mol. The molecule has 0 saturated carbocycles. The summed E-state index contributed by atoms with van der Waals surface area (Å²) in [5.74, 6) is -6.08. The molecule has 282 valence electrons. The van der Waals surface area contributed by atoms with Gasteiger partial charge in [0.05, 0.1) is 0 Å². The van der Waals surface area contributed by atoms with Gasteiger partial charge in [-0.25, -0.2) is 14.4 Å². The first-order chi connectivity index (χ1) is 24.3. The quantitative estimate of drug-likeness (QED) is 0.175. The number of piperidine rings is 1. The lowest BCUT2D eigenvalue weighted by Gasteiger charge is -2.41. The maximum absolute atomic E-state index is 14.0. The minimum atomic E-state index is -5.08. The van der Waals surface area contributed by atoms with Crippen molar-refractivity contribution in [2.45, 2.75) is 63.0 Å². The van der Waals surface area contributed by atoms with Crippen molar-refractivity contribution >= 4 is 23.9 Å². The number of pyridine rings is 1. The number of hydrogen-bond donors (Lipinski definition) is 5. The third-order valence-corrected chi connectivity index (χ3v) is 8.50. The Bertz CT molecular complexity index is 1630. The molecular formula is C35H38F6N4O7. The van der Waals surface area contributed by atoms with Gasteiger partial charge in [-0.1, -0.05) is 68.4 Å². The Morgan fingerprint density at radius 2 is 1.29 bits per heavy atom. The van der Waals surface area contributed by atoms with E-state index in [-0.39, 0.29) is 24.3 Å². The highest BCUT2D eigenvalue weighted by molar-refractivity contribution is 5.87. The maximum atomic E-state index is 14.0. The highest BCUT2D eigenvalue weighted by Gasteiger charge is 2.42. The molecule has 0 spiro atoms. The summed E-state index contributed by atoms with van der Waals surface area (Å²) in [6.45, 7) is 5.64. The fourth-order valence-corrected chi connectivity index (χ4v) is 6.20. The summed E-state index contributed by atoms with van der Waals surface area (Å²) in [4.78, 5) is 50.4. The smallest absolute Gasteiger partial charge is 0.475 e. The SMILES string of the molecule is CC(C)C(C(=O)NC1(Cc2ccccn2)CCNCC1)N(CC1c2ccccc2-c2ccccc21)C(=O)O.O=C(O)C(F)(F)F.O=C(O)C(F)(F)F. The molecule has 5 rings (SSSR count). The molecule has 2 heterocycles. The van der Waals surface area contributed by atoms with Crippen LogP contribution in [0.2, 0.25) is 0 Å². The van der Waals surface area contributed by atoms with Crippen molar-refractivity contribution in [2.24, 2.45) is 5.92 Å². The first kappa shape index (κ1) is 41.2. The summed E-state index contributed by atoms with van der Waals surface area (Å²) in [6, 6.07) is 21.3. The maximum Gasteiger partial charge on any atom is 0.490 e. The first-order valence-electron chi connectivity index (χ1n) is 16.0. The molecule has 0 bridgehead atoms. The van der Waals surface area contributed by atoms with Gasteiger partial charge in [-0.05, 0) is 66.2 Å². The molecule has 52 heavy (non-hydrogen) atoms. The standard InChI is InChI=1S/C31H36N4O3.2C2HF3O2/c1-21(2)28(29(36)34-31(14-17-32-18-15-31)19-22-9-7-8-16-33-22)35(30(37)38)20-27-25-12-5-3-10-23(25)24-11-4-6-13-26(24)27;2*3-2(4,5)1(6)7/h3-13,16,21,27-28,32H,14-15,17-20H2,1-2H3,(H,34,36)(H,37,38);2*(H,6,7). The highest BCUT2D eigenvalue weighted by Crippen LogP contribution is 2.45. The van der Waals surface area contributed by atoms with Gasteiger partial charge in [0, 0.05) is 36.3 Å². The number of hydrogen-bond acceptors (Lipinski definition) is 6. The fraction of sp³-hybridized carbons (Fsp3) is 0.400. The zero-order valence-electron chi connectivity index (χ0n) is 28.0. The molecule has 5 N–H and O–H groups in total. The van der Waals surface area contributed by atoms with Crippen LogP contribution in [0.25, 0.3) is 11.1 Å². The predicted octanol–water partition coefficient (Wildman–Crippen LogP) is 5.95. The van der Waals surface area contributed by atoms with Crippen molar-refractivity contribution < 1.29 is 60.8 Å². The van der Waals surface area contributed by atoms with Gasteiger partial charge in [-0.2, -0.15) is 26.3 Å². The second kappa shape index (κ2) is 17.4. The van der Waals surface area contributed by atoms with Crippen LogP contribution in [0, 0.1) is 5.92 Å². The molecule has 17 heteroatoms. The normalized spacial score (nSPS) is 15.4. The summed E-state index contributed by atoms with van der Waals surface area (Å²) >= 11 is 0. The van der Waals surface area contributed by atoms with Gasteiger partial charge < -0.3 is 26.0 Å². The van der Waals surface area contributed by atoms with E-state index in [4.69, 9.17) is 19.8 Å². The monoisotopic (exact) mass is 740 g/mol. The Kier molecular flexibility index (Phi) is 13.8. The van der Waals surface area contributed by atoms with Gasteiger partial charge in [0.2, 0.25) is 5.91 Å². The summed E-state index contributed by atoms with van der Waals surface area (Å²) in [5.41, 5.74) is 4.92. The van der Waals surface area contributed by atoms with Crippen LogP contribution in [-0.2, 0) is 20.8 Å². The van der Waals surface area contributed by atoms with E-state index in [1.807, 2.05) is 56.3 Å². The van der Waals surface area contributed by atoms with Crippen LogP contribution in [0.1, 0.15) is 49.4 Å². The third-order valence-electron chi connectivity index (χ3n) is 8.50. The van der Waals surface area contributed by atoms with Gasteiger partial charge in [-0.15, -0.1) is 0 Å². The van der Waals surface area contributed by atoms with E-state index in [2.05, 4.69) is 39.9 Å². The third kappa shape index (κ3) is 10.9. The van der Waals surface area contributed by atoms with Crippen molar-refractivity contribution in [1.82, 2.24) is 20.5 Å². The van der Waals surface area contributed by atoms with Crippen LogP contribution < -0.4 is 10.6 Å². The fourth-order valence-electron chi connectivity index (χ4n) is 6.20. The molecule has 1 aromatic heterocycles. The molecule has 0 radical (unpaired) electrons. The van der Waals surface area contributed by atoms with Crippen molar-refractivity contribution in [3.05, 3.63) is 89.7 Å². The molecule has 2 aliphatic rings. The second-order valence-corrected chi connectivity index (χ2v) is 12.5. The van der Waals surface area contributed by atoms with Gasteiger partial charge >= 0.3 is 30.4 Å². The number of carbonyl (C=O) groups excluding carboxylic acids is 1. The molecule has 3 aromatic rings. The number of carboxylic acids is 2. The van der Waals surface area contributed by atoms with E-state index < -0.39 is 42.0 Å². The number of carbonyl (C=O) groups is 4. The number of nitrogens with one attached hydrogen (secondary N) is 2. The lowest BCUT2D eigenvalue weighted by molar-refractivity contribution is -0.193. The van der Waals surface area contributed by atoms with E-state index in [9.17, 15) is 41.0 Å². The summed E-state index contributed by atoms with van der Waals surface area (Å²) in [7, 11) is 0. The van der Waals surface area contributed by atoms with Gasteiger partial charge in [-0.3, -0.25) is 14.7 Å². The number of rotatable bonds is 8. The predicted molar refractivity (Wildman–Crippen MR) is 175 cm³/mol. The lowest BCUT2D eigenvalue weighted by Crippen LogP contribution is -2.61. The van der Waals surface area contributed by atoms with Crippen LogP contribution in [0.4, 0.5) is 31.1 Å². The lowest BCUT2D eigenvalue weighted by atomic mass is 9.83. The number of carboxylic acid groups (broad SMARTS) is 3. The summed E-state index contributed by atoms with van der Waals surface area (Å²) in [5, 5.41) is 31.4. The molecule has 1 aliphatic carbocycles. The Balaban J connectivity index is 0.000000441. The van der Waals surface area contributed by atoms with Crippen LogP contribution in [-0.4, -0.2) is 92.7 Å². The van der Waals surface area contributed by atoms with Crippen molar-refractivity contribution in [3.63, 3.8) is 0 Å². The molecule has 2 aromatic carbocycles. The van der Waals surface area contributed by atoms with E-state index in [1.165, 1.54) is 4.90 Å². The van der Waals surface area contributed by atoms with Crippen LogP contribution in [0.3, 0.4) is 0 Å². The van der Waals surface area contributed by atoms with Crippen LogP contribution >= 0.6 is 0 Å². The Hall–Kier alpha value is -5.19. The zero-order chi connectivity index (χ0) is 38.9. The number of nitrogens with zero attached hydrogens (tertiary/aromatic N) is 2. The first-order valence-corrected chi connectivity index (χ1v) is 16.0. The number of amides is 2. The van der Waals surface area contributed by atoms with Crippen molar-refractivity contribution in [3.8, 4) is 11.1 Å². The van der Waals surface area contributed by atoms with Gasteiger partial charge in [0.15, 0.2) is 0 Å². The van der Waals surface area contributed by atoms with E-state index in [1.54, 1.807) is 6.20 Å². The number of fused-ring (bicyclic) bond motifs is 3. The molecule has 2 amide bonds. The molecule has 1 unspecified atom stereocenters. The number of benzene rings is 2. The molecule has 1 atom stereocenters. The van der Waals surface area contributed by atoms with Gasteiger partial charge in [0.25, 0.3) is 0 Å². The molecule has 1 saturated heterocycles. The minimum Gasteiger partial charge on any atom is -0.475 e. The average molecular weight is 741 g/mol. The van der Waals surface area contributed by atoms with Crippen molar-refractivity contribution in [1.29, 1.82) is 0 Å². The average Bonchev–Trinajstić information content (AvgIpc) is 3.38.